The van der Waals surface area contributed by atoms with E-state index in [2.05, 4.69) is 57.0 Å². The molecule has 1 aromatic rings. The molecule has 2 unspecified atom stereocenters. The van der Waals surface area contributed by atoms with Crippen LogP contribution < -0.4 is 5.32 Å². The summed E-state index contributed by atoms with van der Waals surface area (Å²) >= 11 is 0. The molecule has 0 spiro atoms. The lowest BCUT2D eigenvalue weighted by atomic mass is 9.92. The molecular formula is C19H32N2. The van der Waals surface area contributed by atoms with E-state index in [-0.39, 0.29) is 0 Å². The SMILES string of the molecule is CCNC(CN1CCCCC1C)c1c(C)cc(C)cc1C. The molecule has 2 nitrogen and oxygen atoms in total. The van der Waals surface area contributed by atoms with E-state index in [0.29, 0.717) is 6.04 Å². The Balaban J connectivity index is 2.22. The summed E-state index contributed by atoms with van der Waals surface area (Å²) in [6, 6.07) is 5.83. The predicted molar refractivity (Wildman–Crippen MR) is 92.0 cm³/mol. The fourth-order valence-electron chi connectivity index (χ4n) is 3.91. The third-order valence-corrected chi connectivity index (χ3v) is 4.89. The summed E-state index contributed by atoms with van der Waals surface area (Å²) in [5.41, 5.74) is 5.75. The molecule has 2 heteroatoms. The zero-order valence-corrected chi connectivity index (χ0v) is 14.5. The van der Waals surface area contributed by atoms with Crippen molar-refractivity contribution in [2.45, 2.75) is 66.0 Å². The van der Waals surface area contributed by atoms with Crippen molar-refractivity contribution in [1.82, 2.24) is 10.2 Å². The molecule has 21 heavy (non-hydrogen) atoms. The second kappa shape index (κ2) is 7.42. The van der Waals surface area contributed by atoms with Gasteiger partial charge in [-0.05, 0) is 70.3 Å². The molecule has 1 N–H and O–H groups in total. The van der Waals surface area contributed by atoms with E-state index >= 15 is 0 Å². The van der Waals surface area contributed by atoms with E-state index in [1.165, 1.54) is 48.1 Å². The summed E-state index contributed by atoms with van der Waals surface area (Å²) in [5, 5.41) is 3.73. The summed E-state index contributed by atoms with van der Waals surface area (Å²) in [4.78, 5) is 2.68. The van der Waals surface area contributed by atoms with E-state index in [0.717, 1.165) is 19.1 Å². The van der Waals surface area contributed by atoms with Crippen LogP contribution in [-0.4, -0.2) is 30.6 Å². The normalized spacial score (nSPS) is 21.5. The Morgan fingerprint density at radius 3 is 2.43 bits per heavy atom. The van der Waals surface area contributed by atoms with Crippen LogP contribution >= 0.6 is 0 Å². The number of rotatable bonds is 5. The van der Waals surface area contributed by atoms with E-state index in [1.54, 1.807) is 0 Å². The Morgan fingerprint density at radius 2 is 1.86 bits per heavy atom. The maximum absolute atomic E-state index is 3.73. The quantitative estimate of drug-likeness (QED) is 0.876. The first-order valence-electron chi connectivity index (χ1n) is 8.58. The van der Waals surface area contributed by atoms with Gasteiger partial charge in [0.2, 0.25) is 0 Å². The van der Waals surface area contributed by atoms with Crippen LogP contribution in [0.4, 0.5) is 0 Å². The van der Waals surface area contributed by atoms with Gasteiger partial charge in [-0.1, -0.05) is 31.0 Å². The summed E-state index contributed by atoms with van der Waals surface area (Å²) in [6.07, 6.45) is 4.10. The van der Waals surface area contributed by atoms with Crippen LogP contribution in [0.5, 0.6) is 0 Å². The Kier molecular flexibility index (Phi) is 5.83. The number of likely N-dealkylation sites (N-methyl/N-ethyl adjacent to an activating group) is 1. The molecule has 0 bridgehead atoms. The molecule has 1 aliphatic rings. The van der Waals surface area contributed by atoms with Gasteiger partial charge in [0, 0.05) is 18.6 Å². The number of hydrogen-bond acceptors (Lipinski definition) is 2. The van der Waals surface area contributed by atoms with E-state index in [4.69, 9.17) is 0 Å². The zero-order valence-electron chi connectivity index (χ0n) is 14.5. The predicted octanol–water partition coefficient (Wildman–Crippen LogP) is 4.14. The number of nitrogens with one attached hydrogen (secondary N) is 1. The van der Waals surface area contributed by atoms with Crippen molar-refractivity contribution in [3.63, 3.8) is 0 Å². The van der Waals surface area contributed by atoms with Crippen LogP contribution in [0.1, 0.15) is 61.4 Å². The number of nitrogens with zero attached hydrogens (tertiary/aromatic N) is 1. The van der Waals surface area contributed by atoms with E-state index in [9.17, 15) is 0 Å². The Hall–Kier alpha value is -0.860. The van der Waals surface area contributed by atoms with Crippen LogP contribution in [0, 0.1) is 20.8 Å². The average Bonchev–Trinajstić information content (AvgIpc) is 2.40. The maximum Gasteiger partial charge on any atom is 0.0454 e. The monoisotopic (exact) mass is 288 g/mol. The van der Waals surface area contributed by atoms with Crippen molar-refractivity contribution < 1.29 is 0 Å². The standard InChI is InChI=1S/C19H32N2/c1-6-20-18(13-21-10-8-7-9-17(21)5)19-15(3)11-14(2)12-16(19)4/h11-12,17-18,20H,6-10,13H2,1-5H3. The van der Waals surface area contributed by atoms with Gasteiger partial charge in [0.15, 0.2) is 0 Å². The molecule has 0 aliphatic carbocycles. The molecule has 118 valence electrons. The minimum absolute atomic E-state index is 0.455. The number of piperidine rings is 1. The van der Waals surface area contributed by atoms with Gasteiger partial charge in [0.25, 0.3) is 0 Å². The highest BCUT2D eigenvalue weighted by Gasteiger charge is 2.24. The van der Waals surface area contributed by atoms with Gasteiger partial charge >= 0.3 is 0 Å². The lowest BCUT2D eigenvalue weighted by Gasteiger charge is -2.37. The molecule has 0 saturated carbocycles. The first-order chi connectivity index (χ1) is 10.0. The fourth-order valence-corrected chi connectivity index (χ4v) is 3.91. The summed E-state index contributed by atoms with van der Waals surface area (Å²) in [7, 11) is 0. The van der Waals surface area contributed by atoms with Crippen molar-refractivity contribution in [1.29, 1.82) is 0 Å². The largest absolute Gasteiger partial charge is 0.309 e. The third-order valence-electron chi connectivity index (χ3n) is 4.89. The van der Waals surface area contributed by atoms with Crippen LogP contribution in [0.15, 0.2) is 12.1 Å². The van der Waals surface area contributed by atoms with Crippen LogP contribution in [0.3, 0.4) is 0 Å². The fraction of sp³-hybridized carbons (Fsp3) is 0.684. The summed E-state index contributed by atoms with van der Waals surface area (Å²) < 4.78 is 0. The number of aryl methyl sites for hydroxylation is 3. The van der Waals surface area contributed by atoms with Gasteiger partial charge in [-0.3, -0.25) is 4.90 Å². The first-order valence-corrected chi connectivity index (χ1v) is 8.58. The van der Waals surface area contributed by atoms with Crippen molar-refractivity contribution in [2.75, 3.05) is 19.6 Å². The minimum Gasteiger partial charge on any atom is -0.309 e. The molecule has 1 fully saturated rings. The second-order valence-corrected chi connectivity index (χ2v) is 6.76. The Morgan fingerprint density at radius 1 is 1.19 bits per heavy atom. The van der Waals surface area contributed by atoms with Gasteiger partial charge < -0.3 is 5.32 Å². The van der Waals surface area contributed by atoms with Crippen molar-refractivity contribution in [3.05, 3.63) is 34.4 Å². The van der Waals surface area contributed by atoms with Crippen molar-refractivity contribution in [2.24, 2.45) is 0 Å². The number of hydrogen-bond donors (Lipinski definition) is 1. The minimum atomic E-state index is 0.455. The van der Waals surface area contributed by atoms with Gasteiger partial charge in [-0.25, -0.2) is 0 Å². The molecule has 2 rings (SSSR count). The summed E-state index contributed by atoms with van der Waals surface area (Å²) in [6.45, 7) is 14.7. The highest BCUT2D eigenvalue weighted by molar-refractivity contribution is 5.40. The lowest BCUT2D eigenvalue weighted by Crippen LogP contribution is -2.43. The maximum atomic E-state index is 3.73. The van der Waals surface area contributed by atoms with Gasteiger partial charge in [-0.15, -0.1) is 0 Å². The molecule has 0 radical (unpaired) electrons. The molecule has 1 aromatic carbocycles. The van der Waals surface area contributed by atoms with E-state index < -0.39 is 0 Å². The third kappa shape index (κ3) is 4.08. The second-order valence-electron chi connectivity index (χ2n) is 6.76. The summed E-state index contributed by atoms with van der Waals surface area (Å²) in [5.74, 6) is 0. The zero-order chi connectivity index (χ0) is 15.4. The highest BCUT2D eigenvalue weighted by Crippen LogP contribution is 2.26. The smallest absolute Gasteiger partial charge is 0.0454 e. The molecule has 1 aliphatic heterocycles. The molecule has 0 amide bonds. The number of likely N-dealkylation sites (tertiary alicyclic amines) is 1. The van der Waals surface area contributed by atoms with Gasteiger partial charge in [0.1, 0.15) is 0 Å². The van der Waals surface area contributed by atoms with Crippen LogP contribution in [0.2, 0.25) is 0 Å². The molecule has 0 aromatic heterocycles. The number of benzene rings is 1. The molecular weight excluding hydrogens is 256 g/mol. The average molecular weight is 288 g/mol. The first kappa shape index (κ1) is 16.5. The van der Waals surface area contributed by atoms with Gasteiger partial charge in [-0.2, -0.15) is 0 Å². The lowest BCUT2D eigenvalue weighted by molar-refractivity contribution is 0.144. The highest BCUT2D eigenvalue weighted by atomic mass is 15.2. The molecule has 1 heterocycles. The van der Waals surface area contributed by atoms with E-state index in [1.807, 2.05) is 0 Å². The van der Waals surface area contributed by atoms with Crippen LogP contribution in [-0.2, 0) is 0 Å². The van der Waals surface area contributed by atoms with Gasteiger partial charge in [0.05, 0.1) is 0 Å². The van der Waals surface area contributed by atoms with Crippen LogP contribution in [0.25, 0.3) is 0 Å². The molecule has 2 atom stereocenters. The van der Waals surface area contributed by atoms with Crippen molar-refractivity contribution >= 4 is 0 Å². The van der Waals surface area contributed by atoms with Crippen molar-refractivity contribution in [3.8, 4) is 0 Å². The molecule has 1 saturated heterocycles. The topological polar surface area (TPSA) is 15.3 Å². The Bertz CT molecular complexity index is 444. The Labute approximate surface area is 130 Å².